The molecule has 48 heavy (non-hydrogen) atoms. The first-order valence-corrected chi connectivity index (χ1v) is 15.7. The molecule has 0 bridgehead atoms. The van der Waals surface area contributed by atoms with Crippen LogP contribution in [0.5, 0.6) is 0 Å². The summed E-state index contributed by atoms with van der Waals surface area (Å²) in [4.78, 5) is 9.32. The van der Waals surface area contributed by atoms with E-state index in [2.05, 4.69) is 124 Å². The molecule has 0 spiro atoms. The van der Waals surface area contributed by atoms with Crippen LogP contribution in [0.2, 0.25) is 0 Å². The van der Waals surface area contributed by atoms with Gasteiger partial charge in [-0.05, 0) is 101 Å². The second kappa shape index (κ2) is 15.2. The van der Waals surface area contributed by atoms with E-state index in [-0.39, 0.29) is 39.0 Å². The van der Waals surface area contributed by atoms with E-state index in [0.29, 0.717) is 0 Å². The van der Waals surface area contributed by atoms with Crippen molar-refractivity contribution in [3.63, 3.8) is 0 Å². The van der Waals surface area contributed by atoms with Crippen molar-refractivity contribution in [2.75, 3.05) is 0 Å². The second-order valence-electron chi connectivity index (χ2n) is 11.8. The number of benzene rings is 5. The predicted molar refractivity (Wildman–Crippen MR) is 191 cm³/mol. The van der Waals surface area contributed by atoms with Crippen molar-refractivity contribution < 1.29 is 39.0 Å². The Morgan fingerprint density at radius 3 is 1.46 bits per heavy atom. The predicted octanol–water partition coefficient (Wildman–Crippen LogP) is 11.3. The molecule has 7 aromatic rings. The van der Waals surface area contributed by atoms with Gasteiger partial charge in [-0.25, -0.2) is 0 Å². The molecule has 0 saturated heterocycles. The minimum absolute atomic E-state index is 0. The van der Waals surface area contributed by atoms with Gasteiger partial charge in [0.25, 0.3) is 0 Å². The van der Waals surface area contributed by atoms with E-state index in [1.54, 1.807) is 0 Å². The molecular weight excluding hydrogens is 762 g/mol. The van der Waals surface area contributed by atoms with Crippen molar-refractivity contribution in [2.24, 2.45) is 0 Å². The Labute approximate surface area is 309 Å². The summed E-state index contributed by atoms with van der Waals surface area (Å²) in [5, 5.41) is 0. The largest absolute Gasteiger partial charge is 0.305 e. The molecule has 240 valence electrons. The SMILES string of the molecule is Cc1c(C)c(-c2ccccc2-c2ccc(-c3[c-]cccc3)nc2)c(C)c(C)c1-c1ccccc1-c1c[c-]c(-c2ccccn2)cc1.[Rh].[Rh]. The first kappa shape index (κ1) is 35.0. The van der Waals surface area contributed by atoms with Gasteiger partial charge in [-0.1, -0.05) is 83.9 Å². The molecule has 0 atom stereocenters. The van der Waals surface area contributed by atoms with E-state index in [1.165, 1.54) is 55.6 Å². The maximum Gasteiger partial charge on any atom is 0.0239 e. The number of aromatic nitrogens is 2. The van der Waals surface area contributed by atoms with Crippen LogP contribution in [-0.4, -0.2) is 9.97 Å². The molecule has 0 amide bonds. The Hall–Kier alpha value is -4.35. The van der Waals surface area contributed by atoms with Crippen LogP contribution in [0.3, 0.4) is 0 Å². The van der Waals surface area contributed by atoms with Crippen LogP contribution in [0.4, 0.5) is 0 Å². The van der Waals surface area contributed by atoms with Crippen LogP contribution in [0.15, 0.2) is 134 Å². The van der Waals surface area contributed by atoms with Crippen LogP contribution < -0.4 is 0 Å². The topological polar surface area (TPSA) is 25.8 Å². The number of nitrogens with zero attached hydrogens (tertiary/aromatic N) is 2. The summed E-state index contributed by atoms with van der Waals surface area (Å²) in [5.41, 5.74) is 18.7. The second-order valence-corrected chi connectivity index (χ2v) is 11.8. The van der Waals surface area contributed by atoms with Crippen LogP contribution in [0.1, 0.15) is 22.3 Å². The molecule has 2 radical (unpaired) electrons. The molecule has 0 aliphatic carbocycles. The third kappa shape index (κ3) is 6.66. The average molecular weight is 797 g/mol. The molecule has 4 heteroatoms. The Morgan fingerprint density at radius 1 is 0.438 bits per heavy atom. The van der Waals surface area contributed by atoms with Crippen LogP contribution >= 0.6 is 0 Å². The molecule has 0 unspecified atom stereocenters. The van der Waals surface area contributed by atoms with Gasteiger partial charge in [0, 0.05) is 51.3 Å². The van der Waals surface area contributed by atoms with E-state index in [9.17, 15) is 0 Å². The van der Waals surface area contributed by atoms with Crippen molar-refractivity contribution in [1.82, 2.24) is 9.97 Å². The maximum atomic E-state index is 4.82. The van der Waals surface area contributed by atoms with E-state index in [0.717, 1.165) is 33.6 Å². The number of hydrogen-bond donors (Lipinski definition) is 0. The minimum atomic E-state index is 0. The first-order chi connectivity index (χ1) is 22.5. The van der Waals surface area contributed by atoms with Gasteiger partial charge in [-0.15, -0.1) is 65.7 Å². The van der Waals surface area contributed by atoms with Crippen LogP contribution in [0.25, 0.3) is 67.0 Å². The Balaban J connectivity index is 0.00000225. The third-order valence-corrected chi connectivity index (χ3v) is 9.14. The molecule has 0 fully saturated rings. The van der Waals surface area contributed by atoms with Gasteiger partial charge in [0.05, 0.1) is 0 Å². The van der Waals surface area contributed by atoms with Crippen molar-refractivity contribution in [3.8, 4) is 67.0 Å². The van der Waals surface area contributed by atoms with Gasteiger partial charge >= 0.3 is 0 Å². The molecular formula is C44H34N2Rh2-2. The van der Waals surface area contributed by atoms with Gasteiger partial charge in [-0.2, -0.15) is 0 Å². The maximum absolute atomic E-state index is 4.82. The summed E-state index contributed by atoms with van der Waals surface area (Å²) in [7, 11) is 0. The molecule has 2 heterocycles. The van der Waals surface area contributed by atoms with Gasteiger partial charge in [0.2, 0.25) is 0 Å². The first-order valence-electron chi connectivity index (χ1n) is 15.7. The molecule has 5 aromatic carbocycles. The normalized spacial score (nSPS) is 10.6. The molecule has 0 N–H and O–H groups in total. The molecule has 7 rings (SSSR count). The standard InChI is InChI=1S/C44H34N2.2Rh/c1-29-31(3)44(40-19-11-9-17-38(40)36-25-26-42(46-28-36)34-14-6-5-7-15-34)32(4)30(2)43(29)39-18-10-8-16-37(39)33-21-23-35(24-22-33)41-20-12-13-27-45-41;;/h5-14,16-23,25-28H,1-4H3;;/q-2;;. The average Bonchev–Trinajstić information content (AvgIpc) is 3.12. The van der Waals surface area contributed by atoms with Gasteiger partial charge in [-0.3, -0.25) is 0 Å². The number of rotatable bonds is 6. The van der Waals surface area contributed by atoms with E-state index < -0.39 is 0 Å². The Bertz CT molecular complexity index is 1970. The fraction of sp³-hybridized carbons (Fsp3) is 0.0909. The summed E-state index contributed by atoms with van der Waals surface area (Å²) in [6.45, 7) is 9.07. The zero-order valence-corrected chi connectivity index (χ0v) is 30.5. The molecule has 0 aliphatic rings. The fourth-order valence-corrected chi connectivity index (χ4v) is 6.57. The molecule has 0 saturated carbocycles. The van der Waals surface area contributed by atoms with Crippen molar-refractivity contribution in [2.45, 2.75) is 27.7 Å². The van der Waals surface area contributed by atoms with Gasteiger partial charge in [0.15, 0.2) is 0 Å². The summed E-state index contributed by atoms with van der Waals surface area (Å²) in [6, 6.07) is 48.8. The fourth-order valence-electron chi connectivity index (χ4n) is 6.57. The summed E-state index contributed by atoms with van der Waals surface area (Å²) >= 11 is 0. The minimum Gasteiger partial charge on any atom is -0.305 e. The third-order valence-electron chi connectivity index (χ3n) is 9.14. The van der Waals surface area contributed by atoms with E-state index >= 15 is 0 Å². The summed E-state index contributed by atoms with van der Waals surface area (Å²) < 4.78 is 0. The molecule has 0 aliphatic heterocycles. The van der Waals surface area contributed by atoms with Gasteiger partial charge < -0.3 is 9.97 Å². The van der Waals surface area contributed by atoms with Crippen molar-refractivity contribution in [1.29, 1.82) is 0 Å². The monoisotopic (exact) mass is 796 g/mol. The Kier molecular flexibility index (Phi) is 11.1. The Morgan fingerprint density at radius 2 is 0.958 bits per heavy atom. The van der Waals surface area contributed by atoms with Crippen molar-refractivity contribution in [3.05, 3.63) is 168 Å². The zero-order valence-electron chi connectivity index (χ0n) is 27.3. The van der Waals surface area contributed by atoms with Gasteiger partial charge in [0.1, 0.15) is 0 Å². The zero-order chi connectivity index (χ0) is 31.6. The van der Waals surface area contributed by atoms with Crippen LogP contribution in [-0.2, 0) is 39.0 Å². The number of hydrogen-bond acceptors (Lipinski definition) is 2. The molecule has 2 nitrogen and oxygen atoms in total. The van der Waals surface area contributed by atoms with E-state index in [1.807, 2.05) is 54.9 Å². The summed E-state index contributed by atoms with van der Waals surface area (Å²) in [5.74, 6) is 0. The smallest absolute Gasteiger partial charge is 0.0239 e. The number of pyridine rings is 2. The van der Waals surface area contributed by atoms with E-state index in [4.69, 9.17) is 4.98 Å². The molecule has 2 aromatic heterocycles. The van der Waals surface area contributed by atoms with Crippen molar-refractivity contribution >= 4 is 0 Å². The summed E-state index contributed by atoms with van der Waals surface area (Å²) in [6.07, 6.45) is 3.81. The van der Waals surface area contributed by atoms with Crippen LogP contribution in [0, 0.1) is 39.8 Å². The quantitative estimate of drug-likeness (QED) is 0.124.